The van der Waals surface area contributed by atoms with E-state index in [2.05, 4.69) is 0 Å². The van der Waals surface area contributed by atoms with E-state index in [-0.39, 0.29) is 5.43 Å². The van der Waals surface area contributed by atoms with Gasteiger partial charge in [0.05, 0.1) is 12.1 Å². The lowest BCUT2D eigenvalue weighted by atomic mass is 9.83. The van der Waals surface area contributed by atoms with Crippen LogP contribution in [0.25, 0.3) is 10.9 Å². The van der Waals surface area contributed by atoms with Gasteiger partial charge in [-0.2, -0.15) is 13.2 Å². The van der Waals surface area contributed by atoms with Gasteiger partial charge in [-0.3, -0.25) is 4.79 Å². The Morgan fingerprint density at radius 3 is 2.31 bits per heavy atom. The first-order valence-corrected chi connectivity index (χ1v) is 9.58. The first-order valence-electron chi connectivity index (χ1n) is 9.58. The highest BCUT2D eigenvalue weighted by Gasteiger charge is 2.54. The molecule has 3 rings (SSSR count). The molecule has 0 amide bonds. The normalized spacial score (nSPS) is 15.2. The van der Waals surface area contributed by atoms with Crippen LogP contribution in [0.2, 0.25) is 0 Å². The number of alkyl halides is 3. The summed E-state index contributed by atoms with van der Waals surface area (Å²) < 4.78 is 43.4. The van der Waals surface area contributed by atoms with Crippen LogP contribution >= 0.6 is 0 Å². The molecule has 0 aliphatic heterocycles. The Hall–Kier alpha value is -2.60. The fourth-order valence-electron chi connectivity index (χ4n) is 3.69. The molecule has 1 N–H and O–H groups in total. The third-order valence-corrected chi connectivity index (χ3v) is 5.47. The molecule has 3 aromatic rings. The first-order chi connectivity index (χ1) is 13.6. The molecule has 1 heterocycles. The Morgan fingerprint density at radius 2 is 1.69 bits per heavy atom. The zero-order valence-electron chi connectivity index (χ0n) is 16.4. The van der Waals surface area contributed by atoms with Gasteiger partial charge in [0.25, 0.3) is 0 Å². The van der Waals surface area contributed by atoms with E-state index in [0.29, 0.717) is 17.3 Å². The number of hydrogen-bond donors (Lipinski definition) is 1. The van der Waals surface area contributed by atoms with Crippen molar-refractivity contribution in [2.75, 3.05) is 0 Å². The number of pyridine rings is 1. The zero-order chi connectivity index (χ0) is 21.2. The number of hydrogen-bond acceptors (Lipinski definition) is 2. The van der Waals surface area contributed by atoms with Crippen LogP contribution in [-0.4, -0.2) is 21.5 Å². The largest absolute Gasteiger partial charge is 0.418 e. The van der Waals surface area contributed by atoms with Crippen LogP contribution in [0.1, 0.15) is 36.8 Å². The average Bonchev–Trinajstić information content (AvgIpc) is 2.68. The van der Waals surface area contributed by atoms with Gasteiger partial charge in [0.15, 0.2) is 11.0 Å². The van der Waals surface area contributed by atoms with E-state index in [1.165, 1.54) is 16.8 Å². The number of halogens is 3. The summed E-state index contributed by atoms with van der Waals surface area (Å²) in [6.07, 6.45) is -3.51. The second-order valence-corrected chi connectivity index (χ2v) is 7.57. The number of aliphatic hydroxyl groups is 1. The van der Waals surface area contributed by atoms with E-state index in [1.807, 2.05) is 38.1 Å². The summed E-state index contributed by atoms with van der Waals surface area (Å²) in [4.78, 5) is 12.0. The number of nitrogens with zero attached hydrogens (tertiary/aromatic N) is 1. The highest BCUT2D eigenvalue weighted by atomic mass is 19.4. The maximum atomic E-state index is 14.0. The Bertz CT molecular complexity index is 1040. The molecule has 0 spiro atoms. The van der Waals surface area contributed by atoms with Crippen molar-refractivity contribution in [3.05, 3.63) is 82.1 Å². The highest BCUT2D eigenvalue weighted by molar-refractivity contribution is 5.78. The summed E-state index contributed by atoms with van der Waals surface area (Å²) in [5.41, 5.74) is -1.04. The minimum Gasteiger partial charge on any atom is -0.379 e. The lowest BCUT2D eigenvalue weighted by molar-refractivity contribution is -0.268. The van der Waals surface area contributed by atoms with E-state index in [4.69, 9.17) is 0 Å². The van der Waals surface area contributed by atoms with Gasteiger partial charge in [-0.05, 0) is 43.4 Å². The van der Waals surface area contributed by atoms with Gasteiger partial charge in [0.2, 0.25) is 0 Å². The Labute approximate surface area is 167 Å². The van der Waals surface area contributed by atoms with E-state index in [1.54, 1.807) is 24.3 Å². The second-order valence-electron chi connectivity index (χ2n) is 7.57. The summed E-state index contributed by atoms with van der Waals surface area (Å²) in [5, 5.41) is 11.1. The monoisotopic (exact) mass is 403 g/mol. The molecule has 0 saturated heterocycles. The average molecular weight is 403 g/mol. The van der Waals surface area contributed by atoms with Crippen molar-refractivity contribution in [1.82, 2.24) is 4.57 Å². The quantitative estimate of drug-likeness (QED) is 0.616. The molecule has 2 atom stereocenters. The fourth-order valence-corrected chi connectivity index (χ4v) is 3.69. The molecule has 0 bridgehead atoms. The van der Waals surface area contributed by atoms with Crippen molar-refractivity contribution in [3.8, 4) is 0 Å². The molecule has 154 valence electrons. The molecule has 29 heavy (non-hydrogen) atoms. The van der Waals surface area contributed by atoms with Crippen LogP contribution in [0.15, 0.2) is 65.6 Å². The Morgan fingerprint density at radius 1 is 1.03 bits per heavy atom. The topological polar surface area (TPSA) is 42.2 Å². The van der Waals surface area contributed by atoms with Crippen molar-refractivity contribution in [2.24, 2.45) is 0 Å². The van der Waals surface area contributed by atoms with Gasteiger partial charge < -0.3 is 9.67 Å². The Balaban J connectivity index is 2.01. The van der Waals surface area contributed by atoms with Crippen LogP contribution in [0, 0.1) is 6.92 Å². The van der Waals surface area contributed by atoms with Gasteiger partial charge in [0.1, 0.15) is 0 Å². The SMILES string of the molecule is CCC(CC(O)(Cn1ccc(=O)c2ccccc21)C(F)(F)F)c1ccc(C)cc1. The lowest BCUT2D eigenvalue weighted by Gasteiger charge is -2.35. The molecule has 2 unspecified atom stereocenters. The predicted molar refractivity (Wildman–Crippen MR) is 108 cm³/mol. The third-order valence-electron chi connectivity index (χ3n) is 5.47. The number of aromatic nitrogens is 1. The van der Waals surface area contributed by atoms with Gasteiger partial charge in [-0.1, -0.05) is 48.9 Å². The molecule has 1 aromatic heterocycles. The van der Waals surface area contributed by atoms with Crippen LogP contribution in [-0.2, 0) is 6.54 Å². The number of benzene rings is 2. The molecule has 0 saturated carbocycles. The molecule has 0 radical (unpaired) electrons. The fraction of sp³-hybridized carbons (Fsp3) is 0.348. The van der Waals surface area contributed by atoms with Gasteiger partial charge in [-0.15, -0.1) is 0 Å². The van der Waals surface area contributed by atoms with Crippen LogP contribution in [0.4, 0.5) is 13.2 Å². The summed E-state index contributed by atoms with van der Waals surface area (Å²) in [5.74, 6) is -0.451. The second kappa shape index (κ2) is 8.03. The first kappa shape index (κ1) is 21.1. The van der Waals surface area contributed by atoms with E-state index in [0.717, 1.165) is 11.1 Å². The maximum Gasteiger partial charge on any atom is 0.418 e. The van der Waals surface area contributed by atoms with E-state index >= 15 is 0 Å². The summed E-state index contributed by atoms with van der Waals surface area (Å²) in [6.45, 7) is 3.05. The summed E-state index contributed by atoms with van der Waals surface area (Å²) >= 11 is 0. The summed E-state index contributed by atoms with van der Waals surface area (Å²) in [6, 6.07) is 15.1. The highest BCUT2D eigenvalue weighted by Crippen LogP contribution is 2.41. The van der Waals surface area contributed by atoms with Gasteiger partial charge in [0, 0.05) is 17.6 Å². The minimum absolute atomic E-state index is 0.265. The molecular weight excluding hydrogens is 379 g/mol. The molecule has 2 aromatic carbocycles. The van der Waals surface area contributed by atoms with E-state index < -0.39 is 30.7 Å². The molecule has 0 aliphatic rings. The minimum atomic E-state index is -4.82. The predicted octanol–water partition coefficient (Wildman–Crippen LogP) is 5.19. The maximum absolute atomic E-state index is 14.0. The molecule has 0 fully saturated rings. The molecular formula is C23H24F3NO2. The number of rotatable bonds is 6. The van der Waals surface area contributed by atoms with Gasteiger partial charge >= 0.3 is 6.18 Å². The number of aryl methyl sites for hydroxylation is 1. The van der Waals surface area contributed by atoms with E-state index in [9.17, 15) is 23.1 Å². The Kier molecular flexibility index (Phi) is 5.85. The molecule has 0 aliphatic carbocycles. The third kappa shape index (κ3) is 4.37. The smallest absolute Gasteiger partial charge is 0.379 e. The van der Waals surface area contributed by atoms with Crippen LogP contribution in [0.5, 0.6) is 0 Å². The van der Waals surface area contributed by atoms with Crippen LogP contribution in [0.3, 0.4) is 0 Å². The van der Waals surface area contributed by atoms with Crippen molar-refractivity contribution in [1.29, 1.82) is 0 Å². The lowest BCUT2D eigenvalue weighted by Crippen LogP contribution is -2.49. The van der Waals surface area contributed by atoms with Crippen LogP contribution < -0.4 is 5.43 Å². The van der Waals surface area contributed by atoms with Gasteiger partial charge in [-0.25, -0.2) is 0 Å². The van der Waals surface area contributed by atoms with Crippen molar-refractivity contribution in [2.45, 2.75) is 50.9 Å². The van der Waals surface area contributed by atoms with Crippen molar-refractivity contribution in [3.63, 3.8) is 0 Å². The summed E-state index contributed by atoms with van der Waals surface area (Å²) in [7, 11) is 0. The number of fused-ring (bicyclic) bond motifs is 1. The van der Waals surface area contributed by atoms with Crippen molar-refractivity contribution >= 4 is 10.9 Å². The number of para-hydroxylation sites is 1. The van der Waals surface area contributed by atoms with Crippen molar-refractivity contribution < 1.29 is 18.3 Å². The zero-order valence-corrected chi connectivity index (χ0v) is 16.4. The molecule has 6 heteroatoms. The molecule has 3 nitrogen and oxygen atoms in total. The standard InChI is InChI=1S/C23H24F3NO2/c1-3-17(18-10-8-16(2)9-11-18)14-22(29,23(24,25)26)15-27-13-12-21(28)19-6-4-5-7-20(19)27/h4-13,17,29H,3,14-15H2,1-2H3.